The molecule has 2 amide bonds. The highest BCUT2D eigenvalue weighted by atomic mass is 16.5. The fourth-order valence-corrected chi connectivity index (χ4v) is 2.46. The zero-order valence-electron chi connectivity index (χ0n) is 13.7. The molecule has 0 aromatic heterocycles. The van der Waals surface area contributed by atoms with Gasteiger partial charge in [0.05, 0.1) is 19.6 Å². The Morgan fingerprint density at radius 1 is 1.39 bits per heavy atom. The number of amides is 2. The maximum absolute atomic E-state index is 11.9. The van der Waals surface area contributed by atoms with Crippen molar-refractivity contribution in [1.82, 2.24) is 10.6 Å². The summed E-state index contributed by atoms with van der Waals surface area (Å²) in [7, 11) is 1.61. The number of hydrogen-bond acceptors (Lipinski definition) is 4. The quantitative estimate of drug-likeness (QED) is 0.756. The Bertz CT molecular complexity index is 560. The van der Waals surface area contributed by atoms with Gasteiger partial charge in [-0.1, -0.05) is 13.0 Å². The molecule has 2 rings (SSSR count). The number of carbonyl (C=O) groups excluding carboxylic acids is 2. The third kappa shape index (κ3) is 4.87. The van der Waals surface area contributed by atoms with Crippen LogP contribution in [0.4, 0.5) is 0 Å². The molecule has 6 heteroatoms. The Kier molecular flexibility index (Phi) is 6.26. The van der Waals surface area contributed by atoms with Gasteiger partial charge in [-0.05, 0) is 30.5 Å². The van der Waals surface area contributed by atoms with E-state index in [0.29, 0.717) is 31.9 Å². The van der Waals surface area contributed by atoms with Crippen molar-refractivity contribution in [2.24, 2.45) is 5.92 Å². The van der Waals surface area contributed by atoms with Crippen LogP contribution in [0.3, 0.4) is 0 Å². The predicted molar refractivity (Wildman–Crippen MR) is 86.6 cm³/mol. The first kappa shape index (κ1) is 17.1. The van der Waals surface area contributed by atoms with Crippen LogP contribution in [0.15, 0.2) is 18.2 Å². The lowest BCUT2D eigenvalue weighted by atomic mass is 10.1. The molecule has 0 bridgehead atoms. The number of ether oxygens (including phenoxy) is 2. The van der Waals surface area contributed by atoms with E-state index in [0.717, 1.165) is 17.7 Å². The van der Waals surface area contributed by atoms with Gasteiger partial charge < -0.3 is 20.1 Å². The van der Waals surface area contributed by atoms with Gasteiger partial charge in [0.15, 0.2) is 11.5 Å². The van der Waals surface area contributed by atoms with Gasteiger partial charge >= 0.3 is 0 Å². The monoisotopic (exact) mass is 320 g/mol. The van der Waals surface area contributed by atoms with Crippen LogP contribution >= 0.6 is 0 Å². The lowest BCUT2D eigenvalue weighted by Gasteiger charge is -2.12. The molecule has 1 saturated heterocycles. The molecule has 0 radical (unpaired) electrons. The fourth-order valence-electron chi connectivity index (χ4n) is 2.46. The molecule has 1 aliphatic heterocycles. The summed E-state index contributed by atoms with van der Waals surface area (Å²) in [6, 6.07) is 5.79. The van der Waals surface area contributed by atoms with E-state index in [1.54, 1.807) is 7.11 Å². The van der Waals surface area contributed by atoms with E-state index in [9.17, 15) is 9.59 Å². The maximum Gasteiger partial charge on any atom is 0.225 e. The van der Waals surface area contributed by atoms with Crippen LogP contribution in [0.5, 0.6) is 11.5 Å². The Hall–Kier alpha value is -2.24. The lowest BCUT2D eigenvalue weighted by Crippen LogP contribution is -2.33. The van der Waals surface area contributed by atoms with Crippen molar-refractivity contribution >= 4 is 11.8 Å². The number of hydrogen-bond donors (Lipinski definition) is 2. The molecule has 1 atom stereocenters. The van der Waals surface area contributed by atoms with Gasteiger partial charge in [0, 0.05) is 19.5 Å². The van der Waals surface area contributed by atoms with Gasteiger partial charge in [-0.25, -0.2) is 0 Å². The van der Waals surface area contributed by atoms with E-state index in [1.165, 1.54) is 0 Å². The van der Waals surface area contributed by atoms with Crippen LogP contribution in [-0.4, -0.2) is 38.6 Å². The molecule has 23 heavy (non-hydrogen) atoms. The summed E-state index contributed by atoms with van der Waals surface area (Å²) < 4.78 is 11.0. The zero-order chi connectivity index (χ0) is 16.7. The first-order valence-corrected chi connectivity index (χ1v) is 7.98. The average molecular weight is 320 g/mol. The fraction of sp³-hybridized carbons (Fsp3) is 0.529. The maximum atomic E-state index is 11.9. The topological polar surface area (TPSA) is 76.7 Å². The zero-order valence-corrected chi connectivity index (χ0v) is 13.7. The van der Waals surface area contributed by atoms with E-state index in [2.05, 4.69) is 17.6 Å². The molecule has 1 fully saturated rings. The summed E-state index contributed by atoms with van der Waals surface area (Å²) in [4.78, 5) is 23.0. The number of benzene rings is 1. The standard InChI is InChI=1S/C17H24N2O4/c1-3-8-23-14-5-4-12(9-15(14)22-2)6-7-18-17(21)13-10-16(20)19-11-13/h4-5,9,13H,3,6-8,10-11H2,1-2H3,(H,18,21)(H,19,20). The van der Waals surface area contributed by atoms with Crippen LogP contribution in [0, 0.1) is 5.92 Å². The molecular formula is C17H24N2O4. The van der Waals surface area contributed by atoms with Gasteiger partial charge in [-0.3, -0.25) is 9.59 Å². The van der Waals surface area contributed by atoms with E-state index in [4.69, 9.17) is 9.47 Å². The van der Waals surface area contributed by atoms with Crippen molar-refractivity contribution in [3.05, 3.63) is 23.8 Å². The minimum absolute atomic E-state index is 0.0578. The second kappa shape index (κ2) is 8.41. The summed E-state index contributed by atoms with van der Waals surface area (Å²) in [6.07, 6.45) is 1.92. The van der Waals surface area contributed by atoms with Crippen molar-refractivity contribution in [3.63, 3.8) is 0 Å². The van der Waals surface area contributed by atoms with Crippen molar-refractivity contribution in [2.45, 2.75) is 26.2 Å². The van der Waals surface area contributed by atoms with Crippen molar-refractivity contribution in [2.75, 3.05) is 26.8 Å². The predicted octanol–water partition coefficient (Wildman–Crippen LogP) is 1.28. The normalized spacial score (nSPS) is 16.8. The van der Waals surface area contributed by atoms with Crippen LogP contribution in [0.25, 0.3) is 0 Å². The van der Waals surface area contributed by atoms with E-state index >= 15 is 0 Å². The Balaban J connectivity index is 1.83. The first-order chi connectivity index (χ1) is 11.1. The highest BCUT2D eigenvalue weighted by molar-refractivity contribution is 5.89. The molecular weight excluding hydrogens is 296 g/mol. The molecule has 1 aromatic rings. The summed E-state index contributed by atoms with van der Waals surface area (Å²) in [5.74, 6) is 1.06. The van der Waals surface area contributed by atoms with Crippen molar-refractivity contribution in [1.29, 1.82) is 0 Å². The summed E-state index contributed by atoms with van der Waals surface area (Å²) in [5, 5.41) is 5.54. The van der Waals surface area contributed by atoms with Gasteiger partial charge in [-0.15, -0.1) is 0 Å². The van der Waals surface area contributed by atoms with Crippen LogP contribution < -0.4 is 20.1 Å². The minimum atomic E-state index is -0.248. The first-order valence-electron chi connectivity index (χ1n) is 7.98. The molecule has 6 nitrogen and oxygen atoms in total. The Morgan fingerprint density at radius 3 is 2.87 bits per heavy atom. The van der Waals surface area contributed by atoms with E-state index in [1.807, 2.05) is 18.2 Å². The molecule has 126 valence electrons. The molecule has 2 N–H and O–H groups in total. The smallest absolute Gasteiger partial charge is 0.225 e. The highest BCUT2D eigenvalue weighted by Gasteiger charge is 2.27. The third-order valence-corrected chi connectivity index (χ3v) is 3.75. The van der Waals surface area contributed by atoms with Crippen molar-refractivity contribution in [3.8, 4) is 11.5 Å². The lowest BCUT2D eigenvalue weighted by molar-refractivity contribution is -0.126. The van der Waals surface area contributed by atoms with Gasteiger partial charge in [0.2, 0.25) is 11.8 Å². The van der Waals surface area contributed by atoms with Crippen LogP contribution in [0.1, 0.15) is 25.3 Å². The Labute approximate surface area is 136 Å². The number of methoxy groups -OCH3 is 1. The number of nitrogens with one attached hydrogen (secondary N) is 2. The molecule has 1 heterocycles. The summed E-state index contributed by atoms with van der Waals surface area (Å²) >= 11 is 0. The SMILES string of the molecule is CCCOc1ccc(CCNC(=O)C2CNC(=O)C2)cc1OC. The second-order valence-electron chi connectivity index (χ2n) is 5.58. The molecule has 0 spiro atoms. The van der Waals surface area contributed by atoms with E-state index < -0.39 is 0 Å². The third-order valence-electron chi connectivity index (χ3n) is 3.75. The number of carbonyl (C=O) groups is 2. The van der Waals surface area contributed by atoms with Crippen LogP contribution in [0.2, 0.25) is 0 Å². The van der Waals surface area contributed by atoms with Crippen LogP contribution in [-0.2, 0) is 16.0 Å². The van der Waals surface area contributed by atoms with Gasteiger partial charge in [0.25, 0.3) is 0 Å². The number of rotatable bonds is 8. The van der Waals surface area contributed by atoms with Gasteiger partial charge in [-0.2, -0.15) is 0 Å². The van der Waals surface area contributed by atoms with Gasteiger partial charge in [0.1, 0.15) is 0 Å². The second-order valence-corrected chi connectivity index (χ2v) is 5.58. The van der Waals surface area contributed by atoms with Crippen molar-refractivity contribution < 1.29 is 19.1 Å². The Morgan fingerprint density at radius 2 is 2.22 bits per heavy atom. The molecule has 1 aliphatic rings. The summed E-state index contributed by atoms with van der Waals surface area (Å²) in [6.45, 7) is 3.67. The molecule has 1 unspecified atom stereocenters. The molecule has 1 aromatic carbocycles. The average Bonchev–Trinajstić information content (AvgIpc) is 3.00. The molecule has 0 aliphatic carbocycles. The highest BCUT2D eigenvalue weighted by Crippen LogP contribution is 2.28. The van der Waals surface area contributed by atoms with E-state index in [-0.39, 0.29) is 24.2 Å². The minimum Gasteiger partial charge on any atom is -0.493 e. The largest absolute Gasteiger partial charge is 0.493 e. The summed E-state index contributed by atoms with van der Waals surface area (Å²) in [5.41, 5.74) is 1.06. The molecule has 0 saturated carbocycles.